The first kappa shape index (κ1) is 21.5. The molecule has 8 heteroatoms. The Balaban J connectivity index is 1.55. The Morgan fingerprint density at radius 2 is 1.94 bits per heavy atom. The molecule has 4 rings (SSSR count). The fourth-order valence-electron chi connectivity index (χ4n) is 4.10. The first-order valence-electron chi connectivity index (χ1n) is 10.6. The lowest BCUT2D eigenvalue weighted by Crippen LogP contribution is -2.38. The number of piperidine rings is 1. The Labute approximate surface area is 183 Å². The Bertz CT molecular complexity index is 1220. The Morgan fingerprint density at radius 3 is 2.68 bits per heavy atom. The van der Waals surface area contributed by atoms with Crippen LogP contribution in [0, 0.1) is 12.8 Å². The lowest BCUT2D eigenvalue weighted by molar-refractivity contribution is 0.0942. The van der Waals surface area contributed by atoms with Crippen molar-refractivity contribution in [1.82, 2.24) is 19.2 Å². The van der Waals surface area contributed by atoms with Crippen LogP contribution < -0.4 is 5.32 Å². The second-order valence-corrected chi connectivity index (χ2v) is 10.2. The van der Waals surface area contributed by atoms with Crippen LogP contribution in [0.4, 0.5) is 0 Å². The number of rotatable bonds is 5. The third kappa shape index (κ3) is 4.09. The average molecular weight is 441 g/mol. The van der Waals surface area contributed by atoms with E-state index in [2.05, 4.69) is 17.2 Å². The zero-order valence-corrected chi connectivity index (χ0v) is 18.9. The molecule has 0 saturated carbocycles. The maximum Gasteiger partial charge on any atom is 0.268 e. The lowest BCUT2D eigenvalue weighted by atomic mass is 10.0. The molecule has 31 heavy (non-hydrogen) atoms. The molecule has 0 atom stereocenters. The minimum atomic E-state index is -3.62. The van der Waals surface area contributed by atoms with Gasteiger partial charge in [-0.05, 0) is 49.4 Å². The van der Waals surface area contributed by atoms with Gasteiger partial charge in [-0.15, -0.1) is 0 Å². The monoisotopic (exact) mass is 440 g/mol. The zero-order chi connectivity index (χ0) is 22.2. The molecule has 1 amide bonds. The van der Waals surface area contributed by atoms with E-state index in [4.69, 9.17) is 0 Å². The number of aromatic nitrogens is 2. The molecule has 2 aromatic heterocycles. The van der Waals surface area contributed by atoms with Gasteiger partial charge in [-0.25, -0.2) is 8.42 Å². The summed E-state index contributed by atoms with van der Waals surface area (Å²) < 4.78 is 29.6. The van der Waals surface area contributed by atoms with Crippen molar-refractivity contribution in [1.29, 1.82) is 0 Å². The van der Waals surface area contributed by atoms with Gasteiger partial charge in [0.2, 0.25) is 10.0 Å². The number of carbonyl (C=O) groups is 1. The first-order chi connectivity index (χ1) is 14.8. The number of carbonyl (C=O) groups excluding carboxylic acids is 1. The minimum Gasteiger partial charge on any atom is -0.347 e. The molecule has 1 fully saturated rings. The number of pyridine rings is 1. The largest absolute Gasteiger partial charge is 0.347 e. The molecule has 0 unspecified atom stereocenters. The van der Waals surface area contributed by atoms with E-state index in [9.17, 15) is 13.2 Å². The van der Waals surface area contributed by atoms with E-state index in [-0.39, 0.29) is 10.8 Å². The van der Waals surface area contributed by atoms with Crippen LogP contribution in [0.1, 0.15) is 41.5 Å². The highest BCUT2D eigenvalue weighted by Crippen LogP contribution is 2.27. The standard InChI is InChI=1S/C23H28N4O3S/c1-16-9-12-27(13-10-16)31(29,30)22-14-21(26(3)17(22)2)23(28)25-15-18-6-4-8-20-19(18)7-5-11-24-20/h4-8,11,14,16H,9-10,12-13,15H2,1-3H3,(H,25,28). The van der Waals surface area contributed by atoms with E-state index in [0.29, 0.717) is 36.9 Å². The maximum absolute atomic E-state index is 13.2. The van der Waals surface area contributed by atoms with Gasteiger partial charge in [-0.3, -0.25) is 9.78 Å². The molecule has 1 aromatic carbocycles. The van der Waals surface area contributed by atoms with Crippen molar-refractivity contribution in [2.45, 2.75) is 38.1 Å². The van der Waals surface area contributed by atoms with Gasteiger partial charge in [-0.2, -0.15) is 4.31 Å². The van der Waals surface area contributed by atoms with Crippen LogP contribution in [-0.4, -0.2) is 41.3 Å². The predicted octanol–water partition coefficient (Wildman–Crippen LogP) is 3.23. The van der Waals surface area contributed by atoms with Crippen molar-refractivity contribution in [2.24, 2.45) is 13.0 Å². The smallest absolute Gasteiger partial charge is 0.268 e. The SMILES string of the molecule is Cc1c(S(=O)(=O)N2CCC(C)CC2)cc(C(=O)NCc2cccc3ncccc23)n1C. The Kier molecular flexibility index (Phi) is 5.85. The van der Waals surface area contributed by atoms with Gasteiger partial charge in [0.05, 0.1) is 5.52 Å². The highest BCUT2D eigenvalue weighted by atomic mass is 32.2. The molecule has 0 aliphatic carbocycles. The van der Waals surface area contributed by atoms with Gasteiger partial charge in [-0.1, -0.05) is 25.1 Å². The third-order valence-corrected chi connectivity index (χ3v) is 8.27. The normalized spacial score (nSPS) is 16.0. The van der Waals surface area contributed by atoms with Gasteiger partial charge in [0.15, 0.2) is 0 Å². The van der Waals surface area contributed by atoms with Gasteiger partial charge < -0.3 is 9.88 Å². The summed E-state index contributed by atoms with van der Waals surface area (Å²) in [4.78, 5) is 17.5. The van der Waals surface area contributed by atoms with Crippen molar-refractivity contribution >= 4 is 26.8 Å². The van der Waals surface area contributed by atoms with Crippen LogP contribution in [0.2, 0.25) is 0 Å². The highest BCUT2D eigenvalue weighted by molar-refractivity contribution is 7.89. The molecule has 1 aliphatic heterocycles. The second-order valence-electron chi connectivity index (χ2n) is 8.29. The van der Waals surface area contributed by atoms with E-state index in [1.54, 1.807) is 29.0 Å². The Morgan fingerprint density at radius 1 is 1.19 bits per heavy atom. The van der Waals surface area contributed by atoms with Crippen molar-refractivity contribution in [2.75, 3.05) is 13.1 Å². The molecule has 1 saturated heterocycles. The van der Waals surface area contributed by atoms with Crippen molar-refractivity contribution in [3.05, 3.63) is 59.5 Å². The van der Waals surface area contributed by atoms with E-state index >= 15 is 0 Å². The van der Waals surface area contributed by atoms with Gasteiger partial charge >= 0.3 is 0 Å². The number of sulfonamides is 1. The molecule has 3 aromatic rings. The molecule has 7 nitrogen and oxygen atoms in total. The summed E-state index contributed by atoms with van der Waals surface area (Å²) in [5.41, 5.74) is 2.73. The van der Waals surface area contributed by atoms with E-state index < -0.39 is 10.0 Å². The van der Waals surface area contributed by atoms with Gasteiger partial charge in [0.1, 0.15) is 10.6 Å². The van der Waals surface area contributed by atoms with Crippen LogP contribution >= 0.6 is 0 Å². The minimum absolute atomic E-state index is 0.212. The summed E-state index contributed by atoms with van der Waals surface area (Å²) in [7, 11) is -1.90. The third-order valence-electron chi connectivity index (χ3n) is 6.26. The molecule has 0 radical (unpaired) electrons. The maximum atomic E-state index is 13.2. The topological polar surface area (TPSA) is 84.3 Å². The zero-order valence-electron chi connectivity index (χ0n) is 18.1. The van der Waals surface area contributed by atoms with Crippen molar-refractivity contribution in [3.63, 3.8) is 0 Å². The van der Waals surface area contributed by atoms with Gasteiger partial charge in [0.25, 0.3) is 5.91 Å². The summed E-state index contributed by atoms with van der Waals surface area (Å²) >= 11 is 0. The first-order valence-corrected chi connectivity index (χ1v) is 12.0. The second kappa shape index (κ2) is 8.43. The lowest BCUT2D eigenvalue weighted by Gasteiger charge is -2.29. The summed E-state index contributed by atoms with van der Waals surface area (Å²) in [6.07, 6.45) is 3.46. The average Bonchev–Trinajstić information content (AvgIpc) is 3.07. The number of hydrogen-bond donors (Lipinski definition) is 1. The van der Waals surface area contributed by atoms with Crippen LogP contribution in [0.15, 0.2) is 47.5 Å². The van der Waals surface area contributed by atoms with E-state index in [1.165, 1.54) is 6.07 Å². The summed E-state index contributed by atoms with van der Waals surface area (Å²) in [5.74, 6) is 0.231. The number of nitrogens with zero attached hydrogens (tertiary/aromatic N) is 3. The number of hydrogen-bond acceptors (Lipinski definition) is 4. The molecule has 1 aliphatic rings. The van der Waals surface area contributed by atoms with Crippen molar-refractivity contribution < 1.29 is 13.2 Å². The molecule has 0 bridgehead atoms. The molecule has 1 N–H and O–H groups in total. The summed E-state index contributed by atoms with van der Waals surface area (Å²) in [5, 5.41) is 3.91. The van der Waals surface area contributed by atoms with Crippen LogP contribution in [0.25, 0.3) is 10.9 Å². The van der Waals surface area contributed by atoms with E-state index in [0.717, 1.165) is 29.3 Å². The van der Waals surface area contributed by atoms with Crippen LogP contribution in [0.5, 0.6) is 0 Å². The van der Waals surface area contributed by atoms with Crippen LogP contribution in [-0.2, 0) is 23.6 Å². The number of amides is 1. The summed E-state index contributed by atoms with van der Waals surface area (Å²) in [6.45, 7) is 5.26. The number of fused-ring (bicyclic) bond motifs is 1. The fourth-order valence-corrected chi connectivity index (χ4v) is 5.84. The highest BCUT2D eigenvalue weighted by Gasteiger charge is 2.32. The predicted molar refractivity (Wildman–Crippen MR) is 120 cm³/mol. The van der Waals surface area contributed by atoms with Crippen molar-refractivity contribution in [3.8, 4) is 0 Å². The van der Waals surface area contributed by atoms with Gasteiger partial charge in [0, 0.05) is 44.0 Å². The Hall–Kier alpha value is -2.71. The van der Waals surface area contributed by atoms with Crippen LogP contribution in [0.3, 0.4) is 0 Å². The molecule has 164 valence electrons. The molecular weight excluding hydrogens is 412 g/mol. The fraction of sp³-hybridized carbons (Fsp3) is 0.391. The number of nitrogens with one attached hydrogen (secondary N) is 1. The molecule has 3 heterocycles. The molecule has 0 spiro atoms. The summed E-state index contributed by atoms with van der Waals surface area (Å²) in [6, 6.07) is 11.1. The molecular formula is C23H28N4O3S. The quantitative estimate of drug-likeness (QED) is 0.660. The van der Waals surface area contributed by atoms with E-state index in [1.807, 2.05) is 30.3 Å². The number of benzene rings is 1.